The predicted octanol–water partition coefficient (Wildman–Crippen LogP) is 4.75. The van der Waals surface area contributed by atoms with Crippen LogP contribution in [0.3, 0.4) is 0 Å². The van der Waals surface area contributed by atoms with Crippen molar-refractivity contribution < 1.29 is 14.0 Å². The maximum Gasteiger partial charge on any atom is 0.242 e. The van der Waals surface area contributed by atoms with E-state index in [-0.39, 0.29) is 23.4 Å². The highest BCUT2D eigenvalue weighted by molar-refractivity contribution is 7.99. The molecule has 0 aliphatic carbocycles. The molecule has 1 atom stereocenters. The number of carbonyl (C=O) groups excluding carboxylic acids is 2. The second-order valence-corrected chi connectivity index (χ2v) is 8.94. The molecule has 0 heterocycles. The van der Waals surface area contributed by atoms with E-state index in [1.807, 2.05) is 61.5 Å². The molecule has 0 aromatic heterocycles. The zero-order valence-electron chi connectivity index (χ0n) is 19.0. The summed E-state index contributed by atoms with van der Waals surface area (Å²) >= 11 is 1.46. The Balaban J connectivity index is 1.80. The van der Waals surface area contributed by atoms with Crippen LogP contribution in [0.4, 0.5) is 4.39 Å². The van der Waals surface area contributed by atoms with E-state index < -0.39 is 6.04 Å². The van der Waals surface area contributed by atoms with E-state index in [4.69, 9.17) is 0 Å². The van der Waals surface area contributed by atoms with Crippen LogP contribution in [0.1, 0.15) is 22.3 Å². The number of aryl methyl sites for hydroxylation is 1. The second-order valence-electron chi connectivity index (χ2n) is 7.95. The molecule has 0 saturated carbocycles. The van der Waals surface area contributed by atoms with Crippen LogP contribution in [0.25, 0.3) is 0 Å². The van der Waals surface area contributed by atoms with Gasteiger partial charge in [-0.15, -0.1) is 11.8 Å². The van der Waals surface area contributed by atoms with Gasteiger partial charge in [0.05, 0.1) is 5.75 Å². The number of nitrogens with zero attached hydrogens (tertiary/aromatic N) is 1. The van der Waals surface area contributed by atoms with E-state index in [1.54, 1.807) is 24.1 Å². The van der Waals surface area contributed by atoms with E-state index >= 15 is 0 Å². The van der Waals surface area contributed by atoms with Crippen molar-refractivity contribution in [2.45, 2.75) is 31.7 Å². The number of nitrogens with one attached hydrogen (secondary N) is 1. The minimum absolute atomic E-state index is 0.104. The standard InChI is InChI=1S/C27H29FN2O2S/c1-20-7-6-10-23(15-20)17-30(25(27(32)29-2)16-21-8-4-3-5-9-21)26(31)19-33-18-22-11-13-24(28)14-12-22/h3-15,25H,16-19H2,1-2H3,(H,29,32)/t25-/m1/s1. The molecule has 4 nitrogen and oxygen atoms in total. The third-order valence-corrected chi connectivity index (χ3v) is 6.35. The molecule has 3 rings (SSSR count). The summed E-state index contributed by atoms with van der Waals surface area (Å²) in [5.41, 5.74) is 4.03. The number of carbonyl (C=O) groups is 2. The smallest absolute Gasteiger partial charge is 0.242 e. The average molecular weight is 465 g/mol. The van der Waals surface area contributed by atoms with Crippen LogP contribution in [-0.2, 0) is 28.3 Å². The molecule has 6 heteroatoms. The first-order valence-electron chi connectivity index (χ1n) is 10.9. The monoisotopic (exact) mass is 464 g/mol. The number of halogens is 1. The summed E-state index contributed by atoms with van der Waals surface area (Å²) in [4.78, 5) is 28.0. The van der Waals surface area contributed by atoms with Gasteiger partial charge in [0.2, 0.25) is 11.8 Å². The van der Waals surface area contributed by atoms with Gasteiger partial charge in [0, 0.05) is 25.8 Å². The van der Waals surface area contributed by atoms with Crippen molar-refractivity contribution in [3.05, 3.63) is 107 Å². The highest BCUT2D eigenvalue weighted by Crippen LogP contribution is 2.19. The maximum absolute atomic E-state index is 13.4. The molecule has 33 heavy (non-hydrogen) atoms. The molecule has 0 radical (unpaired) electrons. The van der Waals surface area contributed by atoms with Gasteiger partial charge in [-0.25, -0.2) is 4.39 Å². The predicted molar refractivity (Wildman–Crippen MR) is 132 cm³/mol. The number of benzene rings is 3. The summed E-state index contributed by atoms with van der Waals surface area (Å²) in [5.74, 6) is 0.245. The van der Waals surface area contributed by atoms with Gasteiger partial charge in [-0.3, -0.25) is 9.59 Å². The van der Waals surface area contributed by atoms with E-state index in [9.17, 15) is 14.0 Å². The van der Waals surface area contributed by atoms with Crippen molar-refractivity contribution >= 4 is 23.6 Å². The Hall–Kier alpha value is -3.12. The molecule has 2 amide bonds. The Morgan fingerprint density at radius 1 is 0.939 bits per heavy atom. The Morgan fingerprint density at radius 2 is 1.64 bits per heavy atom. The van der Waals surface area contributed by atoms with Crippen molar-refractivity contribution in [3.63, 3.8) is 0 Å². The summed E-state index contributed by atoms with van der Waals surface area (Å²) in [6.45, 7) is 2.36. The summed E-state index contributed by atoms with van der Waals surface area (Å²) in [7, 11) is 1.60. The molecule has 0 aliphatic heterocycles. The number of rotatable bonds is 10. The van der Waals surface area contributed by atoms with Crippen molar-refractivity contribution in [2.75, 3.05) is 12.8 Å². The van der Waals surface area contributed by atoms with Gasteiger partial charge >= 0.3 is 0 Å². The van der Waals surface area contributed by atoms with Crippen LogP contribution in [-0.4, -0.2) is 35.6 Å². The van der Waals surface area contributed by atoms with Gasteiger partial charge in [0.15, 0.2) is 0 Å². The van der Waals surface area contributed by atoms with Crippen LogP contribution in [0.5, 0.6) is 0 Å². The van der Waals surface area contributed by atoms with Crippen LogP contribution in [0.2, 0.25) is 0 Å². The first-order chi connectivity index (χ1) is 16.0. The summed E-state index contributed by atoms with van der Waals surface area (Å²) < 4.78 is 13.1. The molecular formula is C27H29FN2O2S. The van der Waals surface area contributed by atoms with Gasteiger partial charge in [-0.2, -0.15) is 0 Å². The topological polar surface area (TPSA) is 49.4 Å². The molecule has 0 saturated heterocycles. The van der Waals surface area contributed by atoms with Crippen molar-refractivity contribution in [1.29, 1.82) is 0 Å². The largest absolute Gasteiger partial charge is 0.357 e. The molecule has 1 N–H and O–H groups in total. The lowest BCUT2D eigenvalue weighted by molar-refractivity contribution is -0.139. The number of hydrogen-bond acceptors (Lipinski definition) is 3. The molecule has 172 valence electrons. The number of hydrogen-bond donors (Lipinski definition) is 1. The Bertz CT molecular complexity index is 1060. The maximum atomic E-state index is 13.4. The molecule has 0 spiro atoms. The first-order valence-corrected chi connectivity index (χ1v) is 12.0. The Morgan fingerprint density at radius 3 is 2.30 bits per heavy atom. The molecule has 3 aromatic carbocycles. The number of amides is 2. The van der Waals surface area contributed by atoms with E-state index in [1.165, 1.54) is 23.9 Å². The zero-order valence-corrected chi connectivity index (χ0v) is 19.8. The van der Waals surface area contributed by atoms with Gasteiger partial charge in [-0.05, 0) is 35.7 Å². The summed E-state index contributed by atoms with van der Waals surface area (Å²) in [5, 5.41) is 2.73. The third-order valence-electron chi connectivity index (χ3n) is 5.36. The van der Waals surface area contributed by atoms with Crippen LogP contribution in [0.15, 0.2) is 78.9 Å². The minimum Gasteiger partial charge on any atom is -0.357 e. The normalized spacial score (nSPS) is 11.6. The lowest BCUT2D eigenvalue weighted by Gasteiger charge is -2.31. The van der Waals surface area contributed by atoms with Gasteiger partial charge < -0.3 is 10.2 Å². The fourth-order valence-electron chi connectivity index (χ4n) is 3.65. The zero-order chi connectivity index (χ0) is 23.6. The third kappa shape index (κ3) is 7.46. The molecule has 0 bridgehead atoms. The fourth-order valence-corrected chi connectivity index (χ4v) is 4.52. The fraction of sp³-hybridized carbons (Fsp3) is 0.259. The Labute approximate surface area is 199 Å². The molecule has 0 aliphatic rings. The molecule has 3 aromatic rings. The number of likely N-dealkylation sites (N-methyl/N-ethyl adjacent to an activating group) is 1. The van der Waals surface area contributed by atoms with Gasteiger partial charge in [0.25, 0.3) is 0 Å². The Kier molecular flexibility index (Phi) is 9.07. The summed E-state index contributed by atoms with van der Waals surface area (Å²) in [6, 6.07) is 23.4. The van der Waals surface area contributed by atoms with Crippen molar-refractivity contribution in [3.8, 4) is 0 Å². The molecular weight excluding hydrogens is 435 g/mol. The van der Waals surface area contributed by atoms with E-state index in [2.05, 4.69) is 5.32 Å². The lowest BCUT2D eigenvalue weighted by Crippen LogP contribution is -2.50. The summed E-state index contributed by atoms with van der Waals surface area (Å²) in [6.07, 6.45) is 0.431. The van der Waals surface area contributed by atoms with Crippen molar-refractivity contribution in [1.82, 2.24) is 10.2 Å². The molecule has 0 unspecified atom stereocenters. The van der Waals surface area contributed by atoms with Crippen LogP contribution < -0.4 is 5.32 Å². The number of thioether (sulfide) groups is 1. The lowest BCUT2D eigenvalue weighted by atomic mass is 10.0. The van der Waals surface area contributed by atoms with E-state index in [0.717, 1.165) is 22.3 Å². The second kappa shape index (κ2) is 12.2. The van der Waals surface area contributed by atoms with Crippen LogP contribution >= 0.6 is 11.8 Å². The van der Waals surface area contributed by atoms with Crippen molar-refractivity contribution in [2.24, 2.45) is 0 Å². The minimum atomic E-state index is -0.628. The van der Waals surface area contributed by atoms with E-state index in [0.29, 0.717) is 18.7 Å². The van der Waals surface area contributed by atoms with Gasteiger partial charge in [-0.1, -0.05) is 72.3 Å². The molecule has 0 fully saturated rings. The highest BCUT2D eigenvalue weighted by Gasteiger charge is 2.29. The highest BCUT2D eigenvalue weighted by atomic mass is 32.2. The SMILES string of the molecule is CNC(=O)[C@@H](Cc1ccccc1)N(Cc1cccc(C)c1)C(=O)CSCc1ccc(F)cc1. The quantitative estimate of drug-likeness (QED) is 0.471. The van der Waals surface area contributed by atoms with Crippen LogP contribution in [0, 0.1) is 12.7 Å². The first kappa shape index (κ1) is 24.5. The van der Waals surface area contributed by atoms with Gasteiger partial charge in [0.1, 0.15) is 11.9 Å². The average Bonchev–Trinajstić information content (AvgIpc) is 2.82.